The molecule has 0 saturated carbocycles. The van der Waals surface area contributed by atoms with Gasteiger partial charge in [0.1, 0.15) is 5.75 Å². The molecule has 0 saturated heterocycles. The van der Waals surface area contributed by atoms with Crippen molar-refractivity contribution in [2.75, 3.05) is 6.61 Å². The van der Waals surface area contributed by atoms with Gasteiger partial charge in [0.15, 0.2) is 0 Å². The number of alkyl halides is 1. The summed E-state index contributed by atoms with van der Waals surface area (Å²) in [6.07, 6.45) is 0. The molecular weight excluding hydrogens is 286 g/mol. The number of halogens is 1. The molecule has 21 heavy (non-hydrogen) atoms. The van der Waals surface area contributed by atoms with E-state index in [0.29, 0.717) is 18.1 Å². The number of hydrogen-bond acceptors (Lipinski definition) is 2. The average molecular weight is 306 g/mol. The summed E-state index contributed by atoms with van der Waals surface area (Å²) in [5.74, 6) is 1.46. The Balaban J connectivity index is 2.47. The van der Waals surface area contributed by atoms with Crippen molar-refractivity contribution in [2.24, 2.45) is 13.0 Å². The molecule has 0 unspecified atom stereocenters. The zero-order chi connectivity index (χ0) is 15.4. The molecule has 4 heteroatoms. The molecule has 0 amide bonds. The summed E-state index contributed by atoms with van der Waals surface area (Å²) in [5.41, 5.74) is 2.27. The van der Waals surface area contributed by atoms with Gasteiger partial charge in [0.2, 0.25) is 0 Å². The van der Waals surface area contributed by atoms with Crippen molar-refractivity contribution in [3.05, 3.63) is 52.3 Å². The maximum absolute atomic E-state index is 12.2. The van der Waals surface area contributed by atoms with Crippen molar-refractivity contribution >= 4 is 11.6 Å². The fraction of sp³-hybridized carbons (Fsp3) is 0.353. The lowest BCUT2D eigenvalue weighted by molar-refractivity contribution is 0.272. The lowest BCUT2D eigenvalue weighted by Crippen LogP contribution is -2.21. The predicted molar refractivity (Wildman–Crippen MR) is 87.0 cm³/mol. The van der Waals surface area contributed by atoms with Crippen molar-refractivity contribution in [1.29, 1.82) is 0 Å². The minimum Gasteiger partial charge on any atom is -0.493 e. The lowest BCUT2D eigenvalue weighted by atomic mass is 10.1. The van der Waals surface area contributed by atoms with E-state index in [-0.39, 0.29) is 11.4 Å². The molecule has 0 aliphatic rings. The van der Waals surface area contributed by atoms with Crippen molar-refractivity contribution in [1.82, 2.24) is 4.57 Å². The largest absolute Gasteiger partial charge is 0.493 e. The molecule has 0 radical (unpaired) electrons. The smallest absolute Gasteiger partial charge is 0.255 e. The molecule has 2 aromatic rings. The van der Waals surface area contributed by atoms with Crippen LogP contribution in [-0.2, 0) is 12.9 Å². The van der Waals surface area contributed by atoms with Crippen molar-refractivity contribution in [3.63, 3.8) is 0 Å². The summed E-state index contributed by atoms with van der Waals surface area (Å²) in [5, 5.41) is 0. The second-order valence-corrected chi connectivity index (χ2v) is 5.71. The third-order valence-corrected chi connectivity index (χ3v) is 3.55. The molecule has 0 bridgehead atoms. The zero-order valence-corrected chi connectivity index (χ0v) is 13.4. The minimum absolute atomic E-state index is 0.0684. The van der Waals surface area contributed by atoms with Gasteiger partial charge in [-0.25, -0.2) is 0 Å². The summed E-state index contributed by atoms with van der Waals surface area (Å²) in [7, 11) is 1.76. The first-order valence-electron chi connectivity index (χ1n) is 7.01. The summed E-state index contributed by atoms with van der Waals surface area (Å²) in [6.45, 7) is 4.85. The van der Waals surface area contributed by atoms with Crippen molar-refractivity contribution < 1.29 is 4.74 Å². The van der Waals surface area contributed by atoms with E-state index >= 15 is 0 Å². The number of para-hydroxylation sites is 1. The number of nitrogens with zero attached hydrogens (tertiary/aromatic N) is 1. The third-order valence-electron chi connectivity index (χ3n) is 3.26. The van der Waals surface area contributed by atoms with Crippen LogP contribution in [0, 0.1) is 5.92 Å². The van der Waals surface area contributed by atoms with E-state index in [1.807, 2.05) is 30.3 Å². The number of pyridine rings is 1. The molecule has 0 atom stereocenters. The number of ether oxygens (including phenoxy) is 1. The van der Waals surface area contributed by atoms with Crippen LogP contribution in [0.2, 0.25) is 0 Å². The Morgan fingerprint density at radius 2 is 1.90 bits per heavy atom. The van der Waals surface area contributed by atoms with Crippen LogP contribution < -0.4 is 10.3 Å². The van der Waals surface area contributed by atoms with Gasteiger partial charge in [-0.15, -0.1) is 11.6 Å². The van der Waals surface area contributed by atoms with E-state index in [2.05, 4.69) is 13.8 Å². The highest BCUT2D eigenvalue weighted by molar-refractivity contribution is 6.17. The van der Waals surface area contributed by atoms with Gasteiger partial charge in [0, 0.05) is 18.2 Å². The Morgan fingerprint density at radius 3 is 2.57 bits per heavy atom. The number of hydrogen-bond donors (Lipinski definition) is 0. The van der Waals surface area contributed by atoms with Crippen LogP contribution in [0.25, 0.3) is 11.3 Å². The quantitative estimate of drug-likeness (QED) is 0.786. The highest BCUT2D eigenvalue weighted by Gasteiger charge is 2.11. The van der Waals surface area contributed by atoms with E-state index < -0.39 is 0 Å². The normalized spacial score (nSPS) is 10.9. The van der Waals surface area contributed by atoms with Crippen LogP contribution in [-0.4, -0.2) is 11.2 Å². The Labute approximate surface area is 130 Å². The van der Waals surface area contributed by atoms with Gasteiger partial charge in [-0.3, -0.25) is 4.79 Å². The molecule has 0 fully saturated rings. The number of benzene rings is 1. The van der Waals surface area contributed by atoms with Gasteiger partial charge in [-0.1, -0.05) is 32.0 Å². The fourth-order valence-electron chi connectivity index (χ4n) is 2.12. The van der Waals surface area contributed by atoms with Gasteiger partial charge in [0.05, 0.1) is 18.2 Å². The highest BCUT2D eigenvalue weighted by Crippen LogP contribution is 2.29. The summed E-state index contributed by atoms with van der Waals surface area (Å²) in [4.78, 5) is 12.2. The summed E-state index contributed by atoms with van der Waals surface area (Å²) in [6, 6.07) is 11.5. The zero-order valence-electron chi connectivity index (χ0n) is 12.6. The van der Waals surface area contributed by atoms with E-state index in [1.54, 1.807) is 17.7 Å². The lowest BCUT2D eigenvalue weighted by Gasteiger charge is -2.15. The SMILES string of the molecule is CC(C)COc1ccccc1-c1ccc(CCl)c(=O)n1C. The van der Waals surface area contributed by atoms with E-state index in [0.717, 1.165) is 17.0 Å². The molecule has 112 valence electrons. The van der Waals surface area contributed by atoms with Crippen molar-refractivity contribution in [2.45, 2.75) is 19.7 Å². The number of aromatic nitrogens is 1. The van der Waals surface area contributed by atoms with Crippen molar-refractivity contribution in [3.8, 4) is 17.0 Å². The number of rotatable bonds is 5. The Bertz CT molecular complexity index is 677. The van der Waals surface area contributed by atoms with Gasteiger partial charge < -0.3 is 9.30 Å². The first kappa shape index (κ1) is 15.6. The second-order valence-electron chi connectivity index (χ2n) is 5.44. The first-order valence-corrected chi connectivity index (χ1v) is 7.55. The van der Waals surface area contributed by atoms with Crippen LogP contribution in [0.15, 0.2) is 41.2 Å². The van der Waals surface area contributed by atoms with Gasteiger partial charge in [-0.2, -0.15) is 0 Å². The van der Waals surface area contributed by atoms with Crippen LogP contribution in [0.4, 0.5) is 0 Å². The van der Waals surface area contributed by atoms with E-state index in [9.17, 15) is 4.79 Å². The predicted octanol–water partition coefficient (Wildman–Crippen LogP) is 3.83. The molecule has 0 spiro atoms. The Morgan fingerprint density at radius 1 is 1.19 bits per heavy atom. The maximum Gasteiger partial charge on any atom is 0.255 e. The Kier molecular flexibility index (Phi) is 5.07. The molecule has 0 aliphatic carbocycles. The molecule has 1 aromatic carbocycles. The molecule has 0 N–H and O–H groups in total. The monoisotopic (exact) mass is 305 g/mol. The molecule has 1 heterocycles. The topological polar surface area (TPSA) is 31.2 Å². The maximum atomic E-state index is 12.2. The minimum atomic E-state index is -0.0684. The van der Waals surface area contributed by atoms with Crippen LogP contribution >= 0.6 is 11.6 Å². The van der Waals surface area contributed by atoms with Crippen LogP contribution in [0.3, 0.4) is 0 Å². The standard InChI is InChI=1S/C17H20ClNO2/c1-12(2)11-21-16-7-5-4-6-14(16)15-9-8-13(10-18)17(20)19(15)3/h4-9,12H,10-11H2,1-3H3. The molecule has 0 aliphatic heterocycles. The average Bonchev–Trinajstić information content (AvgIpc) is 2.48. The fourth-order valence-corrected chi connectivity index (χ4v) is 2.32. The van der Waals surface area contributed by atoms with Gasteiger partial charge in [0.25, 0.3) is 5.56 Å². The summed E-state index contributed by atoms with van der Waals surface area (Å²) < 4.78 is 7.48. The Hall–Kier alpha value is -1.74. The first-order chi connectivity index (χ1) is 10.0. The van der Waals surface area contributed by atoms with Crippen LogP contribution in [0.1, 0.15) is 19.4 Å². The molecule has 1 aromatic heterocycles. The molecule has 3 nitrogen and oxygen atoms in total. The molecular formula is C17H20ClNO2. The van der Waals surface area contributed by atoms with Gasteiger partial charge >= 0.3 is 0 Å². The van der Waals surface area contributed by atoms with E-state index in [4.69, 9.17) is 16.3 Å². The highest BCUT2D eigenvalue weighted by atomic mass is 35.5. The van der Waals surface area contributed by atoms with Crippen LogP contribution in [0.5, 0.6) is 5.75 Å². The van der Waals surface area contributed by atoms with E-state index in [1.165, 1.54) is 0 Å². The van der Waals surface area contributed by atoms with Gasteiger partial charge in [-0.05, 0) is 24.1 Å². The third kappa shape index (κ3) is 3.48. The summed E-state index contributed by atoms with van der Waals surface area (Å²) >= 11 is 5.78. The second kappa shape index (κ2) is 6.81. The molecule has 2 rings (SSSR count).